The minimum absolute atomic E-state index is 0.226. The Kier molecular flexibility index (Phi) is 3.68. The predicted octanol–water partition coefficient (Wildman–Crippen LogP) is -0.214. The topological polar surface area (TPSA) is 46.3 Å². The summed E-state index contributed by atoms with van der Waals surface area (Å²) in [4.78, 5) is 2.30. The van der Waals surface area contributed by atoms with Gasteiger partial charge in [-0.05, 0) is 13.8 Å². The van der Waals surface area contributed by atoms with Crippen molar-refractivity contribution in [3.8, 4) is 0 Å². The zero-order valence-electron chi connectivity index (χ0n) is 7.82. The molecular formula is C8H18N2OS. The first kappa shape index (κ1) is 10.2. The van der Waals surface area contributed by atoms with Crippen molar-refractivity contribution in [3.63, 3.8) is 0 Å². The molecular weight excluding hydrogens is 172 g/mol. The Morgan fingerprint density at radius 2 is 2.42 bits per heavy atom. The van der Waals surface area contributed by atoms with Gasteiger partial charge in [0, 0.05) is 47.5 Å². The SMILES string of the molecule is CC(N)CN1CCS(=O)C(C)C1. The Bertz CT molecular complexity index is 172. The summed E-state index contributed by atoms with van der Waals surface area (Å²) in [6.07, 6.45) is 0. The Labute approximate surface area is 76.8 Å². The van der Waals surface area contributed by atoms with Gasteiger partial charge in [0.15, 0.2) is 0 Å². The lowest BCUT2D eigenvalue weighted by molar-refractivity contribution is 0.269. The lowest BCUT2D eigenvalue weighted by Crippen LogP contribution is -2.46. The largest absolute Gasteiger partial charge is 0.327 e. The first-order valence-corrected chi connectivity index (χ1v) is 5.83. The highest BCUT2D eigenvalue weighted by atomic mass is 32.2. The van der Waals surface area contributed by atoms with Gasteiger partial charge in [0.25, 0.3) is 0 Å². The molecule has 0 spiro atoms. The molecule has 1 fully saturated rings. The van der Waals surface area contributed by atoms with Crippen molar-refractivity contribution in [2.45, 2.75) is 25.1 Å². The highest BCUT2D eigenvalue weighted by Gasteiger charge is 2.22. The van der Waals surface area contributed by atoms with Crippen LogP contribution in [0.3, 0.4) is 0 Å². The van der Waals surface area contributed by atoms with Crippen LogP contribution in [0, 0.1) is 0 Å². The van der Waals surface area contributed by atoms with Gasteiger partial charge in [-0.1, -0.05) is 0 Å². The van der Waals surface area contributed by atoms with Crippen LogP contribution in [0.25, 0.3) is 0 Å². The summed E-state index contributed by atoms with van der Waals surface area (Å²) < 4.78 is 11.3. The van der Waals surface area contributed by atoms with Crippen molar-refractivity contribution >= 4 is 10.8 Å². The maximum atomic E-state index is 11.3. The van der Waals surface area contributed by atoms with Crippen LogP contribution in [-0.2, 0) is 10.8 Å². The van der Waals surface area contributed by atoms with Crippen LogP contribution in [0.4, 0.5) is 0 Å². The molecule has 0 aromatic carbocycles. The zero-order valence-corrected chi connectivity index (χ0v) is 8.64. The maximum Gasteiger partial charge on any atom is 0.0447 e. The van der Waals surface area contributed by atoms with Gasteiger partial charge in [-0.25, -0.2) is 0 Å². The fraction of sp³-hybridized carbons (Fsp3) is 1.00. The van der Waals surface area contributed by atoms with Crippen LogP contribution < -0.4 is 5.73 Å². The molecule has 0 aromatic rings. The third kappa shape index (κ3) is 2.84. The molecule has 12 heavy (non-hydrogen) atoms. The maximum absolute atomic E-state index is 11.3. The van der Waals surface area contributed by atoms with E-state index in [0.29, 0.717) is 5.25 Å². The molecule has 1 heterocycles. The van der Waals surface area contributed by atoms with Crippen LogP contribution >= 0.6 is 0 Å². The van der Waals surface area contributed by atoms with Gasteiger partial charge in [-0.2, -0.15) is 0 Å². The normalized spacial score (nSPS) is 34.9. The second-order valence-electron chi connectivity index (χ2n) is 3.63. The highest BCUT2D eigenvalue weighted by Crippen LogP contribution is 2.07. The minimum Gasteiger partial charge on any atom is -0.327 e. The lowest BCUT2D eigenvalue weighted by atomic mass is 10.3. The van der Waals surface area contributed by atoms with E-state index in [1.54, 1.807) is 0 Å². The van der Waals surface area contributed by atoms with Crippen molar-refractivity contribution < 1.29 is 4.21 Å². The van der Waals surface area contributed by atoms with Crippen molar-refractivity contribution in [1.29, 1.82) is 0 Å². The van der Waals surface area contributed by atoms with Gasteiger partial charge in [-0.3, -0.25) is 9.11 Å². The Balaban J connectivity index is 2.35. The van der Waals surface area contributed by atoms with Crippen LogP contribution in [0.15, 0.2) is 0 Å². The monoisotopic (exact) mass is 190 g/mol. The molecule has 0 saturated carbocycles. The molecule has 4 heteroatoms. The second kappa shape index (κ2) is 4.35. The van der Waals surface area contributed by atoms with Crippen molar-refractivity contribution in [3.05, 3.63) is 0 Å². The molecule has 0 bridgehead atoms. The van der Waals surface area contributed by atoms with Crippen LogP contribution in [0.5, 0.6) is 0 Å². The molecule has 0 aliphatic carbocycles. The number of hydrogen-bond acceptors (Lipinski definition) is 3. The highest BCUT2D eigenvalue weighted by molar-refractivity contribution is 7.85. The summed E-state index contributed by atoms with van der Waals surface area (Å²) in [6.45, 7) is 6.87. The Morgan fingerprint density at radius 1 is 1.75 bits per heavy atom. The molecule has 1 aliphatic rings. The molecule has 0 amide bonds. The number of nitrogens with zero attached hydrogens (tertiary/aromatic N) is 1. The predicted molar refractivity (Wildman–Crippen MR) is 52.6 cm³/mol. The van der Waals surface area contributed by atoms with Gasteiger partial charge in [0.1, 0.15) is 0 Å². The molecule has 1 saturated heterocycles. The molecule has 1 aliphatic heterocycles. The quantitative estimate of drug-likeness (QED) is 0.655. The minimum atomic E-state index is -0.603. The van der Waals surface area contributed by atoms with Gasteiger partial charge in [-0.15, -0.1) is 0 Å². The average Bonchev–Trinajstić information content (AvgIpc) is 1.96. The van der Waals surface area contributed by atoms with E-state index in [1.807, 2.05) is 13.8 Å². The van der Waals surface area contributed by atoms with Crippen LogP contribution in [0.2, 0.25) is 0 Å². The standard InChI is InChI=1S/C8H18N2OS/c1-7(9)5-10-3-4-12(11)8(2)6-10/h7-8H,3-6,9H2,1-2H3. The van der Waals surface area contributed by atoms with Crippen molar-refractivity contribution in [1.82, 2.24) is 4.90 Å². The summed E-state index contributed by atoms with van der Waals surface area (Å²) in [5, 5.41) is 0.317. The molecule has 1 rings (SSSR count). The molecule has 72 valence electrons. The van der Waals surface area contributed by atoms with Crippen molar-refractivity contribution in [2.75, 3.05) is 25.4 Å². The first-order chi connectivity index (χ1) is 5.59. The molecule has 0 aromatic heterocycles. The van der Waals surface area contributed by atoms with E-state index < -0.39 is 10.8 Å². The third-order valence-corrected chi connectivity index (χ3v) is 3.75. The van der Waals surface area contributed by atoms with E-state index in [9.17, 15) is 4.21 Å². The molecule has 0 radical (unpaired) electrons. The Morgan fingerprint density at radius 3 is 2.92 bits per heavy atom. The van der Waals surface area contributed by atoms with Crippen molar-refractivity contribution in [2.24, 2.45) is 5.73 Å². The molecule has 3 atom stereocenters. The summed E-state index contributed by atoms with van der Waals surface area (Å²) in [6, 6.07) is 0.226. The Hall–Kier alpha value is 0.0700. The lowest BCUT2D eigenvalue weighted by Gasteiger charge is -2.31. The van der Waals surface area contributed by atoms with E-state index in [4.69, 9.17) is 5.73 Å². The zero-order chi connectivity index (χ0) is 9.14. The van der Waals surface area contributed by atoms with Crippen LogP contribution in [-0.4, -0.2) is 45.8 Å². The third-order valence-electron chi connectivity index (χ3n) is 2.12. The van der Waals surface area contributed by atoms with E-state index in [2.05, 4.69) is 4.90 Å². The summed E-state index contributed by atoms with van der Waals surface area (Å²) in [5.41, 5.74) is 5.69. The number of hydrogen-bond donors (Lipinski definition) is 1. The first-order valence-electron chi connectivity index (χ1n) is 4.44. The fourth-order valence-corrected chi connectivity index (χ4v) is 2.75. The summed E-state index contributed by atoms with van der Waals surface area (Å²) >= 11 is 0. The van der Waals surface area contributed by atoms with Gasteiger partial charge in [0.05, 0.1) is 0 Å². The molecule has 3 unspecified atom stereocenters. The van der Waals surface area contributed by atoms with Gasteiger partial charge < -0.3 is 5.73 Å². The van der Waals surface area contributed by atoms with E-state index in [0.717, 1.165) is 25.4 Å². The van der Waals surface area contributed by atoms with E-state index >= 15 is 0 Å². The summed E-state index contributed by atoms with van der Waals surface area (Å²) in [7, 11) is -0.603. The second-order valence-corrected chi connectivity index (χ2v) is 5.61. The van der Waals surface area contributed by atoms with Gasteiger partial charge >= 0.3 is 0 Å². The summed E-state index contributed by atoms with van der Waals surface area (Å²) in [5.74, 6) is 0.813. The van der Waals surface area contributed by atoms with Gasteiger partial charge in [0.2, 0.25) is 0 Å². The number of nitrogens with two attached hydrogens (primary N) is 1. The van der Waals surface area contributed by atoms with Crippen LogP contribution in [0.1, 0.15) is 13.8 Å². The fourth-order valence-electron chi connectivity index (χ4n) is 1.53. The average molecular weight is 190 g/mol. The molecule has 3 nitrogen and oxygen atoms in total. The smallest absolute Gasteiger partial charge is 0.0447 e. The number of rotatable bonds is 2. The van der Waals surface area contributed by atoms with E-state index in [1.165, 1.54) is 0 Å². The molecule has 2 N–H and O–H groups in total. The van der Waals surface area contributed by atoms with E-state index in [-0.39, 0.29) is 6.04 Å².